The lowest BCUT2D eigenvalue weighted by Crippen LogP contribution is -2.66. The molecule has 1 aliphatic rings. The first-order valence-electron chi connectivity index (χ1n) is 5.92. The lowest BCUT2D eigenvalue weighted by Gasteiger charge is -2.40. The molecule has 0 saturated carbocycles. The second kappa shape index (κ2) is 4.72. The number of imide groups is 1. The Hall–Kier alpha value is -2.37. The number of rotatable bonds is 1. The standard InChI is InChI=1S/C13H16N4O2/c1-13(2)11(19)16-10(18)8-17(13)12(14)15-9-6-4-3-5-7-9/h3-7H,8H2,1-2H3,(H2,14,15)(H,16,18,19). The van der Waals surface area contributed by atoms with E-state index in [1.54, 1.807) is 26.0 Å². The Morgan fingerprint density at radius 3 is 2.58 bits per heavy atom. The molecule has 6 nitrogen and oxygen atoms in total. The van der Waals surface area contributed by atoms with Crippen molar-refractivity contribution in [1.29, 1.82) is 0 Å². The highest BCUT2D eigenvalue weighted by atomic mass is 16.2. The van der Waals surface area contributed by atoms with Gasteiger partial charge in [-0.3, -0.25) is 14.9 Å². The monoisotopic (exact) mass is 260 g/mol. The van der Waals surface area contributed by atoms with Crippen LogP contribution in [0.4, 0.5) is 5.69 Å². The third-order valence-electron chi connectivity index (χ3n) is 3.06. The number of guanidine groups is 1. The number of carbonyl (C=O) groups is 2. The van der Waals surface area contributed by atoms with E-state index in [1.165, 1.54) is 4.90 Å². The lowest BCUT2D eigenvalue weighted by molar-refractivity contribution is -0.141. The summed E-state index contributed by atoms with van der Waals surface area (Å²) in [4.78, 5) is 29.0. The fourth-order valence-corrected chi connectivity index (χ4v) is 1.85. The second-order valence-electron chi connectivity index (χ2n) is 4.83. The van der Waals surface area contributed by atoms with E-state index >= 15 is 0 Å². The van der Waals surface area contributed by atoms with Crippen molar-refractivity contribution in [1.82, 2.24) is 10.2 Å². The summed E-state index contributed by atoms with van der Waals surface area (Å²) in [5.74, 6) is -0.607. The summed E-state index contributed by atoms with van der Waals surface area (Å²) in [6, 6.07) is 9.14. The van der Waals surface area contributed by atoms with Crippen molar-refractivity contribution >= 4 is 23.5 Å². The fraction of sp³-hybridized carbons (Fsp3) is 0.308. The molecule has 0 atom stereocenters. The van der Waals surface area contributed by atoms with E-state index in [4.69, 9.17) is 5.73 Å². The van der Waals surface area contributed by atoms with E-state index in [9.17, 15) is 9.59 Å². The lowest BCUT2D eigenvalue weighted by atomic mass is 9.99. The predicted molar refractivity (Wildman–Crippen MR) is 71.7 cm³/mol. The van der Waals surface area contributed by atoms with Crippen LogP contribution in [0, 0.1) is 0 Å². The van der Waals surface area contributed by atoms with E-state index in [-0.39, 0.29) is 24.3 Å². The largest absolute Gasteiger partial charge is 0.369 e. The van der Waals surface area contributed by atoms with E-state index < -0.39 is 5.54 Å². The Morgan fingerprint density at radius 2 is 1.95 bits per heavy atom. The summed E-state index contributed by atoms with van der Waals surface area (Å²) >= 11 is 0. The molecular weight excluding hydrogens is 244 g/mol. The highest BCUT2D eigenvalue weighted by molar-refractivity contribution is 6.06. The fourth-order valence-electron chi connectivity index (χ4n) is 1.85. The van der Waals surface area contributed by atoms with Crippen molar-refractivity contribution in [3.8, 4) is 0 Å². The molecule has 100 valence electrons. The number of para-hydroxylation sites is 1. The number of piperazine rings is 1. The average Bonchev–Trinajstić information content (AvgIpc) is 2.35. The van der Waals surface area contributed by atoms with Gasteiger partial charge in [0.15, 0.2) is 5.96 Å². The Morgan fingerprint density at radius 1 is 1.32 bits per heavy atom. The minimum Gasteiger partial charge on any atom is -0.369 e. The number of carbonyl (C=O) groups excluding carboxylic acids is 2. The number of benzene rings is 1. The minimum absolute atomic E-state index is 0.0148. The van der Waals surface area contributed by atoms with Crippen molar-refractivity contribution in [2.75, 3.05) is 6.54 Å². The van der Waals surface area contributed by atoms with Gasteiger partial charge in [-0.2, -0.15) is 0 Å². The zero-order valence-corrected chi connectivity index (χ0v) is 10.9. The zero-order valence-electron chi connectivity index (χ0n) is 10.9. The number of nitrogens with zero attached hydrogens (tertiary/aromatic N) is 2. The van der Waals surface area contributed by atoms with Gasteiger partial charge in [-0.15, -0.1) is 0 Å². The van der Waals surface area contributed by atoms with Gasteiger partial charge in [0.25, 0.3) is 5.91 Å². The van der Waals surface area contributed by atoms with Crippen LogP contribution in [0.1, 0.15) is 13.8 Å². The number of hydrogen-bond acceptors (Lipinski definition) is 3. The average molecular weight is 260 g/mol. The van der Waals surface area contributed by atoms with Crippen LogP contribution in [0.3, 0.4) is 0 Å². The molecule has 1 aromatic carbocycles. The molecule has 19 heavy (non-hydrogen) atoms. The van der Waals surface area contributed by atoms with Crippen LogP contribution in [-0.4, -0.2) is 34.8 Å². The minimum atomic E-state index is -0.906. The van der Waals surface area contributed by atoms with Crippen LogP contribution in [-0.2, 0) is 9.59 Å². The van der Waals surface area contributed by atoms with Crippen LogP contribution < -0.4 is 11.1 Å². The van der Waals surface area contributed by atoms with Crippen molar-refractivity contribution in [2.24, 2.45) is 10.7 Å². The Labute approximate surface area is 111 Å². The third-order valence-corrected chi connectivity index (χ3v) is 3.06. The highest BCUT2D eigenvalue weighted by Crippen LogP contribution is 2.19. The zero-order chi connectivity index (χ0) is 14.0. The van der Waals surface area contributed by atoms with Gasteiger partial charge >= 0.3 is 0 Å². The number of aliphatic imine (C=N–C) groups is 1. The first-order valence-corrected chi connectivity index (χ1v) is 5.92. The van der Waals surface area contributed by atoms with Crippen molar-refractivity contribution < 1.29 is 9.59 Å². The molecule has 0 spiro atoms. The summed E-state index contributed by atoms with van der Waals surface area (Å²) in [5.41, 5.74) is 5.69. The third kappa shape index (κ3) is 2.57. The summed E-state index contributed by atoms with van der Waals surface area (Å²) in [5, 5.41) is 2.29. The Balaban J connectivity index is 2.31. The van der Waals surface area contributed by atoms with Crippen LogP contribution in [0.5, 0.6) is 0 Å². The Kier molecular flexibility index (Phi) is 3.25. The van der Waals surface area contributed by atoms with Gasteiger partial charge in [0.2, 0.25) is 5.91 Å². The van der Waals surface area contributed by atoms with Gasteiger partial charge < -0.3 is 10.6 Å². The maximum absolute atomic E-state index is 11.8. The Bertz CT molecular complexity index is 537. The number of nitrogens with two attached hydrogens (primary N) is 1. The quantitative estimate of drug-likeness (QED) is 0.434. The number of hydrogen-bond donors (Lipinski definition) is 2. The van der Waals surface area contributed by atoms with Gasteiger partial charge in [0.1, 0.15) is 12.1 Å². The van der Waals surface area contributed by atoms with Crippen LogP contribution in [0.25, 0.3) is 0 Å². The molecule has 0 unspecified atom stereocenters. The maximum Gasteiger partial charge on any atom is 0.252 e. The molecule has 2 amide bonds. The first-order chi connectivity index (χ1) is 8.91. The second-order valence-corrected chi connectivity index (χ2v) is 4.83. The topological polar surface area (TPSA) is 87.8 Å². The number of amides is 2. The molecule has 1 fully saturated rings. The van der Waals surface area contributed by atoms with E-state index in [0.29, 0.717) is 5.69 Å². The van der Waals surface area contributed by atoms with Crippen LogP contribution in [0.2, 0.25) is 0 Å². The van der Waals surface area contributed by atoms with Crippen molar-refractivity contribution in [2.45, 2.75) is 19.4 Å². The molecule has 1 heterocycles. The summed E-state index contributed by atoms with van der Waals surface area (Å²) < 4.78 is 0. The summed E-state index contributed by atoms with van der Waals surface area (Å²) in [6.07, 6.45) is 0. The van der Waals surface area contributed by atoms with Gasteiger partial charge in [0.05, 0.1) is 5.69 Å². The van der Waals surface area contributed by atoms with Gasteiger partial charge in [0, 0.05) is 0 Å². The molecule has 6 heteroatoms. The molecule has 3 N–H and O–H groups in total. The van der Waals surface area contributed by atoms with Crippen molar-refractivity contribution in [3.05, 3.63) is 30.3 Å². The van der Waals surface area contributed by atoms with E-state index in [1.807, 2.05) is 18.2 Å². The molecule has 0 bridgehead atoms. The molecule has 0 aromatic heterocycles. The molecular formula is C13H16N4O2. The van der Waals surface area contributed by atoms with Crippen LogP contribution in [0.15, 0.2) is 35.3 Å². The van der Waals surface area contributed by atoms with Gasteiger partial charge in [-0.1, -0.05) is 18.2 Å². The predicted octanol–water partition coefficient (Wildman–Crippen LogP) is 0.370. The smallest absolute Gasteiger partial charge is 0.252 e. The SMILES string of the molecule is CC1(C)C(=O)NC(=O)CN1C(N)=Nc1ccccc1. The maximum atomic E-state index is 11.8. The first kappa shape index (κ1) is 13.1. The van der Waals surface area contributed by atoms with E-state index in [2.05, 4.69) is 10.3 Å². The normalized spacial score (nSPS) is 19.3. The highest BCUT2D eigenvalue weighted by Gasteiger charge is 2.42. The molecule has 1 aliphatic heterocycles. The molecule has 0 aliphatic carbocycles. The van der Waals surface area contributed by atoms with Gasteiger partial charge in [-0.05, 0) is 26.0 Å². The molecule has 1 aromatic rings. The summed E-state index contributed by atoms with van der Waals surface area (Å²) in [7, 11) is 0. The number of nitrogens with one attached hydrogen (secondary N) is 1. The van der Waals surface area contributed by atoms with Gasteiger partial charge in [-0.25, -0.2) is 4.99 Å². The molecule has 1 saturated heterocycles. The molecule has 0 radical (unpaired) electrons. The van der Waals surface area contributed by atoms with Crippen LogP contribution >= 0.6 is 0 Å². The molecule has 2 rings (SSSR count). The summed E-state index contributed by atoms with van der Waals surface area (Å²) in [6.45, 7) is 3.41. The van der Waals surface area contributed by atoms with Crippen molar-refractivity contribution in [3.63, 3.8) is 0 Å². The van der Waals surface area contributed by atoms with E-state index in [0.717, 1.165) is 0 Å².